The Bertz CT molecular complexity index is 915. The fraction of sp³-hybridized carbons (Fsp3) is 0.894. The van der Waals surface area contributed by atoms with Crippen molar-refractivity contribution in [1.82, 2.24) is 0 Å². The molecular formula is C47H90NO7+. The molecule has 0 aliphatic heterocycles. The third kappa shape index (κ3) is 37.4. The maximum absolute atomic E-state index is 12.7. The first kappa shape index (κ1) is 53.1. The summed E-state index contributed by atoms with van der Waals surface area (Å²) < 4.78 is 17.2. The van der Waals surface area contributed by atoms with E-state index in [4.69, 9.17) is 14.2 Å². The zero-order valence-electron chi connectivity index (χ0n) is 36.9. The van der Waals surface area contributed by atoms with E-state index in [9.17, 15) is 19.5 Å². The number of carboxylic acid groups (broad SMARTS) is 1. The molecule has 324 valence electrons. The van der Waals surface area contributed by atoms with Gasteiger partial charge in [0.15, 0.2) is 12.1 Å². The first-order chi connectivity index (χ1) is 26.6. The fourth-order valence-corrected chi connectivity index (χ4v) is 7.03. The van der Waals surface area contributed by atoms with E-state index in [1.165, 1.54) is 148 Å². The van der Waals surface area contributed by atoms with Crippen molar-refractivity contribution < 1.29 is 38.2 Å². The Morgan fingerprint density at radius 2 is 0.909 bits per heavy atom. The minimum absolute atomic E-state index is 0.0477. The monoisotopic (exact) mass is 781 g/mol. The summed E-state index contributed by atoms with van der Waals surface area (Å²) in [5.74, 6) is -1.46. The van der Waals surface area contributed by atoms with Gasteiger partial charge >= 0.3 is 17.9 Å². The summed E-state index contributed by atoms with van der Waals surface area (Å²) in [7, 11) is 5.53. The SMILES string of the molecule is CCCCCCCCCCCCCC/C=C/CCCCCCCCCC(=O)OC(COCCC(C(=O)O)[N+](C)(C)C)COC(=O)CCCCCCCCCC. The Morgan fingerprint density at radius 1 is 0.527 bits per heavy atom. The second-order valence-electron chi connectivity index (χ2n) is 17.0. The molecule has 0 aromatic carbocycles. The molecule has 1 N–H and O–H groups in total. The van der Waals surface area contributed by atoms with E-state index in [1.807, 2.05) is 21.1 Å². The third-order valence-corrected chi connectivity index (χ3v) is 10.7. The predicted molar refractivity (Wildman–Crippen MR) is 229 cm³/mol. The molecule has 8 nitrogen and oxygen atoms in total. The number of rotatable bonds is 42. The molecule has 2 unspecified atom stereocenters. The average molecular weight is 781 g/mol. The quantitative estimate of drug-likeness (QED) is 0.0285. The van der Waals surface area contributed by atoms with Gasteiger partial charge in [-0.15, -0.1) is 0 Å². The molecule has 0 radical (unpaired) electrons. The number of aliphatic carboxylic acids is 1. The number of esters is 2. The van der Waals surface area contributed by atoms with Crippen LogP contribution in [0.15, 0.2) is 12.2 Å². The first-order valence-electron chi connectivity index (χ1n) is 23.2. The van der Waals surface area contributed by atoms with Gasteiger partial charge in [0.2, 0.25) is 0 Å². The number of hydrogen-bond donors (Lipinski definition) is 1. The molecule has 0 saturated heterocycles. The Labute approximate surface area is 339 Å². The Morgan fingerprint density at radius 3 is 1.31 bits per heavy atom. The van der Waals surface area contributed by atoms with E-state index in [0.717, 1.165) is 38.5 Å². The summed E-state index contributed by atoms with van der Waals surface area (Å²) in [6.45, 7) is 4.73. The van der Waals surface area contributed by atoms with Crippen LogP contribution >= 0.6 is 0 Å². The van der Waals surface area contributed by atoms with Gasteiger partial charge in [0.1, 0.15) is 6.61 Å². The van der Waals surface area contributed by atoms with Gasteiger partial charge < -0.3 is 23.8 Å². The number of carbonyl (C=O) groups is 3. The van der Waals surface area contributed by atoms with Gasteiger partial charge in [-0.1, -0.05) is 174 Å². The highest BCUT2D eigenvalue weighted by Crippen LogP contribution is 2.15. The zero-order valence-corrected chi connectivity index (χ0v) is 36.9. The van der Waals surface area contributed by atoms with Crippen molar-refractivity contribution in [2.45, 2.75) is 231 Å². The summed E-state index contributed by atoms with van der Waals surface area (Å²) >= 11 is 0. The number of hydrogen-bond acceptors (Lipinski definition) is 6. The van der Waals surface area contributed by atoms with Crippen molar-refractivity contribution in [3.63, 3.8) is 0 Å². The molecule has 0 saturated carbocycles. The van der Waals surface area contributed by atoms with Crippen molar-refractivity contribution >= 4 is 17.9 Å². The molecule has 2 atom stereocenters. The van der Waals surface area contributed by atoms with Crippen molar-refractivity contribution in [3.8, 4) is 0 Å². The van der Waals surface area contributed by atoms with Crippen LogP contribution in [0.1, 0.15) is 219 Å². The fourth-order valence-electron chi connectivity index (χ4n) is 7.03. The molecule has 0 fully saturated rings. The molecule has 0 aromatic heterocycles. The van der Waals surface area contributed by atoms with Gasteiger partial charge in [-0.2, -0.15) is 0 Å². The molecule has 0 amide bonds. The largest absolute Gasteiger partial charge is 0.477 e. The molecule has 55 heavy (non-hydrogen) atoms. The van der Waals surface area contributed by atoms with Crippen LogP contribution in [0.5, 0.6) is 0 Å². The Kier molecular flexibility index (Phi) is 37.6. The lowest BCUT2D eigenvalue weighted by atomic mass is 10.0. The highest BCUT2D eigenvalue weighted by molar-refractivity contribution is 5.72. The van der Waals surface area contributed by atoms with Gasteiger partial charge in [0.05, 0.1) is 34.4 Å². The summed E-state index contributed by atoms with van der Waals surface area (Å²) in [5, 5.41) is 9.60. The molecule has 0 aromatic rings. The molecule has 0 aliphatic rings. The minimum Gasteiger partial charge on any atom is -0.477 e. The van der Waals surface area contributed by atoms with Crippen molar-refractivity contribution in [1.29, 1.82) is 0 Å². The van der Waals surface area contributed by atoms with Crippen LogP contribution in [0.2, 0.25) is 0 Å². The van der Waals surface area contributed by atoms with Crippen LogP contribution in [-0.2, 0) is 28.6 Å². The minimum atomic E-state index is -0.874. The van der Waals surface area contributed by atoms with E-state index in [2.05, 4.69) is 26.0 Å². The molecule has 0 heterocycles. The van der Waals surface area contributed by atoms with E-state index >= 15 is 0 Å². The molecule has 0 aliphatic carbocycles. The van der Waals surface area contributed by atoms with E-state index in [0.29, 0.717) is 19.3 Å². The van der Waals surface area contributed by atoms with E-state index < -0.39 is 18.1 Å². The smallest absolute Gasteiger partial charge is 0.362 e. The predicted octanol–water partition coefficient (Wildman–Crippen LogP) is 12.7. The van der Waals surface area contributed by atoms with Crippen molar-refractivity contribution in [3.05, 3.63) is 12.2 Å². The number of nitrogens with zero attached hydrogens (tertiary/aromatic N) is 1. The summed E-state index contributed by atoms with van der Waals surface area (Å²) in [6.07, 6.45) is 41.3. The number of carboxylic acids is 1. The van der Waals surface area contributed by atoms with Crippen LogP contribution in [0.25, 0.3) is 0 Å². The summed E-state index contributed by atoms with van der Waals surface area (Å²) in [5.41, 5.74) is 0. The third-order valence-electron chi connectivity index (χ3n) is 10.7. The number of ether oxygens (including phenoxy) is 3. The maximum Gasteiger partial charge on any atom is 0.362 e. The standard InChI is InChI=1S/C47H89NO7/c1-6-8-10-12-14-16-17-18-19-20-21-22-23-24-25-26-27-28-29-30-32-34-36-38-46(50)55-43(41-53-40-39-44(47(51)52)48(3,4)5)42-54-45(49)37-35-33-31-15-13-11-9-7-2/h24-25,43-44H,6-23,26-42H2,1-5H3/p+1/b25-24+. The van der Waals surface area contributed by atoms with E-state index in [1.54, 1.807) is 0 Å². The van der Waals surface area contributed by atoms with Crippen LogP contribution in [0.3, 0.4) is 0 Å². The topological polar surface area (TPSA) is 99.1 Å². The molecular weight excluding hydrogens is 691 g/mol. The number of quaternary nitrogens is 1. The zero-order chi connectivity index (χ0) is 40.7. The second kappa shape index (κ2) is 38.9. The van der Waals surface area contributed by atoms with Crippen LogP contribution in [-0.4, -0.2) is 80.6 Å². The van der Waals surface area contributed by atoms with Crippen LogP contribution in [0.4, 0.5) is 0 Å². The summed E-state index contributed by atoms with van der Waals surface area (Å²) in [4.78, 5) is 36.8. The second-order valence-corrected chi connectivity index (χ2v) is 17.0. The number of unbranched alkanes of at least 4 members (excludes halogenated alkanes) is 26. The van der Waals surface area contributed by atoms with Crippen molar-refractivity contribution in [2.75, 3.05) is 41.0 Å². The highest BCUT2D eigenvalue weighted by atomic mass is 16.6. The normalized spacial score (nSPS) is 13.0. The summed E-state index contributed by atoms with van der Waals surface area (Å²) in [6, 6.07) is -0.610. The van der Waals surface area contributed by atoms with Gasteiger partial charge in [0.25, 0.3) is 0 Å². The van der Waals surface area contributed by atoms with E-state index in [-0.39, 0.29) is 36.2 Å². The van der Waals surface area contributed by atoms with Gasteiger partial charge in [0, 0.05) is 19.3 Å². The number of likely N-dealkylation sites (N-methyl/N-ethyl adjacent to an activating group) is 1. The van der Waals surface area contributed by atoms with Gasteiger partial charge in [-0.25, -0.2) is 4.79 Å². The average Bonchev–Trinajstić information content (AvgIpc) is 3.14. The first-order valence-corrected chi connectivity index (χ1v) is 23.2. The lowest BCUT2D eigenvalue weighted by Gasteiger charge is -2.31. The van der Waals surface area contributed by atoms with Crippen molar-refractivity contribution in [2.24, 2.45) is 0 Å². The van der Waals surface area contributed by atoms with Crippen LogP contribution in [0, 0.1) is 0 Å². The molecule has 0 rings (SSSR count). The highest BCUT2D eigenvalue weighted by Gasteiger charge is 2.31. The lowest BCUT2D eigenvalue weighted by Crippen LogP contribution is -2.50. The number of carbonyl (C=O) groups excluding carboxylic acids is 2. The Hall–Kier alpha value is -1.93. The van der Waals surface area contributed by atoms with Crippen LogP contribution < -0.4 is 0 Å². The number of allylic oxidation sites excluding steroid dienone is 2. The maximum atomic E-state index is 12.7. The molecule has 0 spiro atoms. The van der Waals surface area contributed by atoms with Gasteiger partial charge in [-0.3, -0.25) is 9.59 Å². The molecule has 8 heteroatoms. The Balaban J connectivity index is 4.14. The van der Waals surface area contributed by atoms with Gasteiger partial charge in [-0.05, 0) is 38.5 Å². The lowest BCUT2D eigenvalue weighted by molar-refractivity contribution is -0.887. The molecule has 0 bridgehead atoms.